The molecule has 0 heterocycles. The first-order valence-corrected chi connectivity index (χ1v) is 4.87. The summed E-state index contributed by atoms with van der Waals surface area (Å²) in [5.41, 5.74) is 0.573. The maximum atomic E-state index is 12.9. The van der Waals surface area contributed by atoms with Crippen LogP contribution >= 0.6 is 0 Å². The van der Waals surface area contributed by atoms with Crippen LogP contribution < -0.4 is 0 Å². The highest BCUT2D eigenvalue weighted by Crippen LogP contribution is 2.20. The highest BCUT2D eigenvalue weighted by molar-refractivity contribution is 5.76. The Morgan fingerprint density at radius 2 is 2.33 bits per heavy atom. The lowest BCUT2D eigenvalue weighted by molar-refractivity contribution is -0.134. The zero-order valence-electron chi connectivity index (χ0n) is 9.29. The second-order valence-electron chi connectivity index (χ2n) is 3.78. The Hall–Kier alpha value is -1.16. The molecule has 0 spiro atoms. The second-order valence-corrected chi connectivity index (χ2v) is 3.78. The van der Waals surface area contributed by atoms with Crippen molar-refractivity contribution in [2.45, 2.75) is 19.4 Å². The van der Waals surface area contributed by atoms with Crippen LogP contribution in [0.15, 0.2) is 23.6 Å². The molecule has 0 aliphatic heterocycles. The van der Waals surface area contributed by atoms with Gasteiger partial charge in [0.05, 0.1) is 6.10 Å². The second kappa shape index (κ2) is 5.07. The molecule has 0 aromatic heterocycles. The fourth-order valence-electron chi connectivity index (χ4n) is 1.23. The summed E-state index contributed by atoms with van der Waals surface area (Å²) in [4.78, 5) is 12.7. The molecule has 0 saturated heterocycles. The summed E-state index contributed by atoms with van der Waals surface area (Å²) >= 11 is 0. The number of halogens is 1. The van der Waals surface area contributed by atoms with E-state index >= 15 is 0 Å². The van der Waals surface area contributed by atoms with E-state index in [1.807, 2.05) is 0 Å². The fraction of sp³-hybridized carbons (Fsp3) is 0.545. The highest BCUT2D eigenvalue weighted by atomic mass is 19.1. The number of hydrogen-bond acceptors (Lipinski definition) is 2. The van der Waals surface area contributed by atoms with Crippen molar-refractivity contribution in [3.63, 3.8) is 0 Å². The van der Waals surface area contributed by atoms with Crippen molar-refractivity contribution in [1.29, 1.82) is 0 Å². The molecular formula is C11H16FNO2. The molecule has 0 N–H and O–H groups in total. The molecule has 84 valence electrons. The van der Waals surface area contributed by atoms with Gasteiger partial charge in [0.15, 0.2) is 0 Å². The number of nitrogens with zero attached hydrogens (tertiary/aromatic N) is 1. The lowest BCUT2D eigenvalue weighted by Crippen LogP contribution is -2.28. The van der Waals surface area contributed by atoms with Crippen LogP contribution in [0.1, 0.15) is 13.3 Å². The Labute approximate surface area is 89.2 Å². The number of allylic oxidation sites excluding steroid dienone is 2. The predicted molar refractivity (Wildman–Crippen MR) is 56.0 cm³/mol. The SMILES string of the molecule is CC1=CC(OCC(=O)N(C)C)CC=C1F. The van der Waals surface area contributed by atoms with E-state index in [-0.39, 0.29) is 24.4 Å². The molecule has 1 amide bonds. The van der Waals surface area contributed by atoms with Crippen LogP contribution in [0.3, 0.4) is 0 Å². The number of carbonyl (C=O) groups excluding carboxylic acids is 1. The zero-order chi connectivity index (χ0) is 11.4. The molecule has 1 aliphatic rings. The lowest BCUT2D eigenvalue weighted by atomic mass is 10.1. The van der Waals surface area contributed by atoms with Crippen molar-refractivity contribution in [2.75, 3.05) is 20.7 Å². The van der Waals surface area contributed by atoms with E-state index < -0.39 is 0 Å². The molecule has 1 aliphatic carbocycles. The van der Waals surface area contributed by atoms with Gasteiger partial charge in [0.2, 0.25) is 5.91 Å². The third-order valence-corrected chi connectivity index (χ3v) is 2.26. The van der Waals surface area contributed by atoms with E-state index in [1.54, 1.807) is 27.1 Å². The van der Waals surface area contributed by atoms with E-state index in [9.17, 15) is 9.18 Å². The van der Waals surface area contributed by atoms with E-state index in [0.717, 1.165) is 0 Å². The zero-order valence-corrected chi connectivity index (χ0v) is 9.29. The number of rotatable bonds is 3. The minimum atomic E-state index is -0.200. The van der Waals surface area contributed by atoms with E-state index in [1.165, 1.54) is 11.0 Å². The van der Waals surface area contributed by atoms with Crippen molar-refractivity contribution >= 4 is 5.91 Å². The molecule has 0 bridgehead atoms. The van der Waals surface area contributed by atoms with Gasteiger partial charge in [-0.05, 0) is 31.1 Å². The first-order valence-electron chi connectivity index (χ1n) is 4.87. The van der Waals surface area contributed by atoms with Gasteiger partial charge in [0.1, 0.15) is 12.4 Å². The average Bonchev–Trinajstić information content (AvgIpc) is 2.19. The van der Waals surface area contributed by atoms with Crippen LogP contribution in [0, 0.1) is 0 Å². The Kier molecular flexibility index (Phi) is 4.03. The van der Waals surface area contributed by atoms with Gasteiger partial charge in [0, 0.05) is 14.1 Å². The van der Waals surface area contributed by atoms with Crippen LogP contribution in [-0.2, 0) is 9.53 Å². The van der Waals surface area contributed by atoms with Gasteiger partial charge in [-0.2, -0.15) is 0 Å². The Morgan fingerprint density at radius 3 is 2.87 bits per heavy atom. The standard InChI is InChI=1S/C11H16FNO2/c1-8-6-9(4-5-10(8)12)15-7-11(14)13(2)3/h5-6,9H,4,7H2,1-3H3. The van der Waals surface area contributed by atoms with Gasteiger partial charge in [-0.1, -0.05) is 0 Å². The molecule has 0 radical (unpaired) electrons. The number of amides is 1. The molecule has 1 atom stereocenters. The van der Waals surface area contributed by atoms with Crippen LogP contribution in [0.4, 0.5) is 4.39 Å². The number of hydrogen-bond donors (Lipinski definition) is 0. The molecule has 0 fully saturated rings. The summed E-state index contributed by atoms with van der Waals surface area (Å²) in [5.74, 6) is -0.287. The fourth-order valence-corrected chi connectivity index (χ4v) is 1.23. The maximum Gasteiger partial charge on any atom is 0.248 e. The van der Waals surface area contributed by atoms with E-state index in [4.69, 9.17) is 4.74 Å². The lowest BCUT2D eigenvalue weighted by Gasteiger charge is -2.18. The smallest absolute Gasteiger partial charge is 0.248 e. The first kappa shape index (κ1) is 11.9. The van der Waals surface area contributed by atoms with Gasteiger partial charge in [-0.15, -0.1) is 0 Å². The molecule has 15 heavy (non-hydrogen) atoms. The molecular weight excluding hydrogens is 197 g/mol. The van der Waals surface area contributed by atoms with Crippen molar-refractivity contribution in [3.05, 3.63) is 23.6 Å². The number of carbonyl (C=O) groups is 1. The average molecular weight is 213 g/mol. The highest BCUT2D eigenvalue weighted by Gasteiger charge is 2.14. The van der Waals surface area contributed by atoms with E-state index in [0.29, 0.717) is 12.0 Å². The van der Waals surface area contributed by atoms with Gasteiger partial charge >= 0.3 is 0 Å². The minimum Gasteiger partial charge on any atom is -0.364 e. The maximum absolute atomic E-state index is 12.9. The van der Waals surface area contributed by atoms with Crippen LogP contribution in [0.5, 0.6) is 0 Å². The summed E-state index contributed by atoms with van der Waals surface area (Å²) in [6, 6.07) is 0. The summed E-state index contributed by atoms with van der Waals surface area (Å²) in [7, 11) is 3.35. The molecule has 1 unspecified atom stereocenters. The molecule has 0 saturated carbocycles. The number of likely N-dealkylation sites (N-methyl/N-ethyl adjacent to an activating group) is 1. The summed E-state index contributed by atoms with van der Waals surface area (Å²) in [5, 5.41) is 0. The summed E-state index contributed by atoms with van der Waals surface area (Å²) in [6.07, 6.45) is 3.50. The monoisotopic (exact) mass is 213 g/mol. The van der Waals surface area contributed by atoms with Gasteiger partial charge in [0.25, 0.3) is 0 Å². The molecule has 0 aromatic rings. The van der Waals surface area contributed by atoms with E-state index in [2.05, 4.69) is 0 Å². The van der Waals surface area contributed by atoms with Gasteiger partial charge in [-0.3, -0.25) is 4.79 Å². The van der Waals surface area contributed by atoms with Gasteiger partial charge < -0.3 is 9.64 Å². The van der Waals surface area contributed by atoms with Crippen molar-refractivity contribution in [3.8, 4) is 0 Å². The molecule has 1 rings (SSSR count). The predicted octanol–water partition coefficient (Wildman–Crippen LogP) is 1.66. The van der Waals surface area contributed by atoms with Crippen LogP contribution in [0.2, 0.25) is 0 Å². The third kappa shape index (κ3) is 3.47. The third-order valence-electron chi connectivity index (χ3n) is 2.26. The van der Waals surface area contributed by atoms with Crippen molar-refractivity contribution in [1.82, 2.24) is 4.90 Å². The first-order chi connectivity index (χ1) is 7.00. The molecule has 0 aromatic carbocycles. The summed E-state index contributed by atoms with van der Waals surface area (Å²) in [6.45, 7) is 1.73. The normalized spacial score (nSPS) is 20.7. The van der Waals surface area contributed by atoms with Crippen molar-refractivity contribution in [2.24, 2.45) is 0 Å². The van der Waals surface area contributed by atoms with Gasteiger partial charge in [-0.25, -0.2) is 4.39 Å². The van der Waals surface area contributed by atoms with Crippen molar-refractivity contribution < 1.29 is 13.9 Å². The Balaban J connectivity index is 2.40. The molecule has 4 heteroatoms. The Bertz CT molecular complexity index is 308. The Morgan fingerprint density at radius 1 is 1.67 bits per heavy atom. The summed E-state index contributed by atoms with van der Waals surface area (Å²) < 4.78 is 18.3. The van der Waals surface area contributed by atoms with Crippen LogP contribution in [-0.4, -0.2) is 37.6 Å². The van der Waals surface area contributed by atoms with Crippen LogP contribution in [0.25, 0.3) is 0 Å². The number of ether oxygens (including phenoxy) is 1. The minimum absolute atomic E-state index is 0.0386. The quantitative estimate of drug-likeness (QED) is 0.713. The molecule has 3 nitrogen and oxygen atoms in total. The topological polar surface area (TPSA) is 29.5 Å². The largest absolute Gasteiger partial charge is 0.364 e.